The fourth-order valence-corrected chi connectivity index (χ4v) is 6.44. The van der Waals surface area contributed by atoms with E-state index in [0.717, 1.165) is 67.0 Å². The van der Waals surface area contributed by atoms with E-state index in [2.05, 4.69) is 16.8 Å². The van der Waals surface area contributed by atoms with Crippen LogP contribution in [0.5, 0.6) is 0 Å². The summed E-state index contributed by atoms with van der Waals surface area (Å²) in [4.78, 5) is 17.8. The van der Waals surface area contributed by atoms with Crippen LogP contribution in [0.25, 0.3) is 0 Å². The number of anilines is 1. The molecule has 3 aromatic carbocycles. The van der Waals surface area contributed by atoms with Gasteiger partial charge in [-0.3, -0.25) is 4.79 Å². The average molecular weight is 585 g/mol. The third-order valence-corrected chi connectivity index (χ3v) is 9.06. The Morgan fingerprint density at radius 2 is 1.73 bits per heavy atom. The third-order valence-electron chi connectivity index (χ3n) is 8.32. The zero-order valence-corrected chi connectivity index (χ0v) is 24.0. The Hall–Kier alpha value is -2.93. The summed E-state index contributed by atoms with van der Waals surface area (Å²) in [5, 5.41) is 4.18. The number of nitrogens with one attached hydrogen (secondary N) is 1. The normalized spacial score (nSPS) is 17.3. The Kier molecular flexibility index (Phi) is 8.50. The van der Waals surface area contributed by atoms with Gasteiger partial charge in [0.1, 0.15) is 11.6 Å². The van der Waals surface area contributed by atoms with E-state index in [1.165, 1.54) is 18.2 Å². The van der Waals surface area contributed by atoms with E-state index in [9.17, 15) is 13.6 Å². The Bertz CT molecular complexity index is 1400. The van der Waals surface area contributed by atoms with Crippen molar-refractivity contribution in [2.45, 2.75) is 43.6 Å². The van der Waals surface area contributed by atoms with Crippen molar-refractivity contribution in [3.8, 4) is 0 Å². The minimum absolute atomic E-state index is 0.0322. The summed E-state index contributed by atoms with van der Waals surface area (Å²) in [5.41, 5.74) is 4.47. The molecule has 0 bridgehead atoms. The Morgan fingerprint density at radius 3 is 2.42 bits per heavy atom. The van der Waals surface area contributed by atoms with E-state index >= 15 is 0 Å². The van der Waals surface area contributed by atoms with Gasteiger partial charge in [0.2, 0.25) is 5.91 Å². The van der Waals surface area contributed by atoms with Crippen molar-refractivity contribution in [3.05, 3.63) is 111 Å². The molecule has 1 saturated heterocycles. The first-order valence-electron chi connectivity index (χ1n) is 13.6. The lowest BCUT2D eigenvalue weighted by atomic mass is 9.67. The van der Waals surface area contributed by atoms with Crippen molar-refractivity contribution in [2.24, 2.45) is 0 Å². The molecule has 8 heteroatoms. The van der Waals surface area contributed by atoms with Crippen LogP contribution in [0.1, 0.15) is 48.3 Å². The van der Waals surface area contributed by atoms with Gasteiger partial charge in [0, 0.05) is 30.4 Å². The number of fused-ring (bicyclic) bond motifs is 2. The molecular weight excluding hydrogens is 551 g/mol. The predicted octanol–water partition coefficient (Wildman–Crippen LogP) is 7.77. The maximum atomic E-state index is 14.2. The summed E-state index contributed by atoms with van der Waals surface area (Å²) in [6, 6.07) is 16.5. The van der Waals surface area contributed by atoms with Gasteiger partial charge < -0.3 is 15.1 Å². The number of halogens is 4. The number of hydrogen-bond donors (Lipinski definition) is 1. The van der Waals surface area contributed by atoms with Crippen LogP contribution in [0.3, 0.4) is 0 Å². The number of carbonyl (C=O) groups is 1. The van der Waals surface area contributed by atoms with E-state index < -0.39 is 5.92 Å². The van der Waals surface area contributed by atoms with Gasteiger partial charge in [0.05, 0.1) is 16.0 Å². The van der Waals surface area contributed by atoms with E-state index in [1.54, 1.807) is 48.3 Å². The smallest absolute Gasteiger partial charge is 0.230 e. The summed E-state index contributed by atoms with van der Waals surface area (Å²) >= 11 is 12.5. The SMILES string of the molecule is C=C1CC2(CCN(CCC(C(=O)N(C)Cc3ccc(F)cc3)c3ccc(Cl)c(Cl)c3)CC2)c2cc(F)ccc2N1. The van der Waals surface area contributed by atoms with Crippen molar-refractivity contribution in [2.75, 3.05) is 32.0 Å². The molecule has 2 aliphatic heterocycles. The fourth-order valence-electron chi connectivity index (χ4n) is 6.13. The van der Waals surface area contributed by atoms with Crippen molar-refractivity contribution >= 4 is 34.8 Å². The van der Waals surface area contributed by atoms with Crippen molar-refractivity contribution in [3.63, 3.8) is 0 Å². The highest BCUT2D eigenvalue weighted by atomic mass is 35.5. The molecule has 3 aromatic rings. The number of likely N-dealkylation sites (N-methyl/N-ethyl adjacent to an activating group) is 1. The van der Waals surface area contributed by atoms with Crippen molar-refractivity contribution < 1.29 is 13.6 Å². The maximum absolute atomic E-state index is 14.2. The third kappa shape index (κ3) is 6.19. The molecule has 2 aliphatic rings. The zero-order chi connectivity index (χ0) is 28.4. The summed E-state index contributed by atoms with van der Waals surface area (Å²) in [7, 11) is 1.77. The minimum atomic E-state index is -0.412. The maximum Gasteiger partial charge on any atom is 0.230 e. The number of amides is 1. The van der Waals surface area contributed by atoms with Crippen LogP contribution in [0, 0.1) is 11.6 Å². The van der Waals surface area contributed by atoms with Gasteiger partial charge in [0.25, 0.3) is 0 Å². The number of carbonyl (C=O) groups excluding carboxylic acids is 1. The van der Waals surface area contributed by atoms with Gasteiger partial charge in [0.15, 0.2) is 0 Å². The summed E-state index contributed by atoms with van der Waals surface area (Å²) in [6.07, 6.45) is 3.17. The molecule has 4 nitrogen and oxygen atoms in total. The predicted molar refractivity (Wildman–Crippen MR) is 158 cm³/mol. The molecule has 1 amide bonds. The number of allylic oxidation sites excluding steroid dienone is 1. The molecule has 1 N–H and O–H groups in total. The van der Waals surface area contributed by atoms with Crippen molar-refractivity contribution in [1.29, 1.82) is 0 Å². The average Bonchev–Trinajstić information content (AvgIpc) is 2.93. The molecule has 1 fully saturated rings. The van der Waals surface area contributed by atoms with E-state index in [-0.39, 0.29) is 23.0 Å². The fraction of sp³-hybridized carbons (Fsp3) is 0.344. The van der Waals surface area contributed by atoms with Crippen LogP contribution < -0.4 is 5.32 Å². The molecule has 0 radical (unpaired) electrons. The molecule has 0 aliphatic carbocycles. The summed E-state index contributed by atoms with van der Waals surface area (Å²) < 4.78 is 27.6. The van der Waals surface area contributed by atoms with Gasteiger partial charge in [-0.05, 0) is 104 Å². The van der Waals surface area contributed by atoms with Crippen LogP contribution in [0.2, 0.25) is 10.0 Å². The summed E-state index contributed by atoms with van der Waals surface area (Å²) in [5.74, 6) is -0.973. The lowest BCUT2D eigenvalue weighted by molar-refractivity contribution is -0.132. The first-order valence-corrected chi connectivity index (χ1v) is 14.3. The molecule has 0 saturated carbocycles. The highest BCUT2D eigenvalue weighted by Crippen LogP contribution is 2.47. The molecule has 1 spiro atoms. The second-order valence-electron chi connectivity index (χ2n) is 11.1. The molecule has 1 unspecified atom stereocenters. The number of hydrogen-bond acceptors (Lipinski definition) is 3. The molecule has 0 aromatic heterocycles. The second-order valence-corrected chi connectivity index (χ2v) is 11.9. The first-order chi connectivity index (χ1) is 19.1. The van der Waals surface area contributed by atoms with Crippen LogP contribution in [-0.4, -0.2) is 42.4 Å². The zero-order valence-electron chi connectivity index (χ0n) is 22.5. The van der Waals surface area contributed by atoms with E-state index in [0.29, 0.717) is 23.0 Å². The Balaban J connectivity index is 1.29. The first kappa shape index (κ1) is 28.6. The molecule has 1 atom stereocenters. The lowest BCUT2D eigenvalue weighted by Crippen LogP contribution is -2.45. The minimum Gasteiger partial charge on any atom is -0.359 e. The molecule has 40 heavy (non-hydrogen) atoms. The van der Waals surface area contributed by atoms with Gasteiger partial charge in [-0.2, -0.15) is 0 Å². The molecule has 2 heterocycles. The largest absolute Gasteiger partial charge is 0.359 e. The summed E-state index contributed by atoms with van der Waals surface area (Å²) in [6.45, 7) is 6.97. The van der Waals surface area contributed by atoms with Crippen LogP contribution in [0.4, 0.5) is 14.5 Å². The highest BCUT2D eigenvalue weighted by molar-refractivity contribution is 6.42. The molecular formula is C32H33Cl2F2N3O. The standard InChI is InChI=1S/C32H33Cl2F2N3O/c1-21-19-32(27-18-25(36)8-10-30(27)37-21)12-15-39(16-13-32)14-11-26(23-5-9-28(33)29(34)17-23)31(40)38(2)20-22-3-6-24(35)7-4-22/h3-10,17-18,26,37H,1,11-16,19-20H2,2H3. The molecule has 210 valence electrons. The monoisotopic (exact) mass is 583 g/mol. The number of nitrogens with zero attached hydrogens (tertiary/aromatic N) is 2. The highest BCUT2D eigenvalue weighted by Gasteiger charge is 2.41. The second kappa shape index (κ2) is 11.9. The lowest BCUT2D eigenvalue weighted by Gasteiger charge is -2.46. The van der Waals surface area contributed by atoms with Gasteiger partial charge >= 0.3 is 0 Å². The quantitative estimate of drug-likeness (QED) is 0.308. The molecule has 5 rings (SSSR count). The number of rotatable bonds is 7. The van der Waals surface area contributed by atoms with Gasteiger partial charge in [-0.25, -0.2) is 8.78 Å². The topological polar surface area (TPSA) is 35.6 Å². The van der Waals surface area contributed by atoms with Gasteiger partial charge in [-0.15, -0.1) is 0 Å². The number of likely N-dealkylation sites (tertiary alicyclic amines) is 1. The number of piperidine rings is 1. The van der Waals surface area contributed by atoms with Crippen LogP contribution >= 0.6 is 23.2 Å². The van der Waals surface area contributed by atoms with E-state index in [1.807, 2.05) is 6.07 Å². The Morgan fingerprint density at radius 1 is 1.02 bits per heavy atom. The van der Waals surface area contributed by atoms with Crippen molar-refractivity contribution in [1.82, 2.24) is 9.80 Å². The Labute approximate surface area is 244 Å². The van der Waals surface area contributed by atoms with Gasteiger partial charge in [-0.1, -0.05) is 48.0 Å². The number of benzene rings is 3. The van der Waals surface area contributed by atoms with Crippen LogP contribution in [0.15, 0.2) is 72.9 Å². The van der Waals surface area contributed by atoms with Crippen LogP contribution in [-0.2, 0) is 16.8 Å². The van der Waals surface area contributed by atoms with E-state index in [4.69, 9.17) is 23.2 Å².